The van der Waals surface area contributed by atoms with Crippen molar-refractivity contribution in [1.29, 1.82) is 0 Å². The number of hydrogen-bond acceptors (Lipinski definition) is 5. The number of hydrogen-bond donors (Lipinski definition) is 0. The number of ether oxygens (including phenoxy) is 1. The molecule has 3 rings (SSSR count). The highest BCUT2D eigenvalue weighted by Crippen LogP contribution is 2.18. The molecule has 1 aromatic carbocycles. The molecule has 0 atom stereocenters. The summed E-state index contributed by atoms with van der Waals surface area (Å²) in [5, 5.41) is 0. The Morgan fingerprint density at radius 1 is 1.44 bits per heavy atom. The third kappa shape index (κ3) is 1.99. The van der Waals surface area contributed by atoms with Crippen molar-refractivity contribution in [1.82, 2.24) is 4.98 Å². The Morgan fingerprint density at radius 3 is 3.11 bits per heavy atom. The maximum Gasteiger partial charge on any atom is 0.192 e. The lowest BCUT2D eigenvalue weighted by atomic mass is 10.1. The van der Waals surface area contributed by atoms with Crippen molar-refractivity contribution in [2.45, 2.75) is 13.3 Å². The first-order chi connectivity index (χ1) is 8.72. The van der Waals surface area contributed by atoms with Gasteiger partial charge in [0.1, 0.15) is 12.1 Å². The van der Waals surface area contributed by atoms with E-state index in [4.69, 9.17) is 9.15 Å². The highest BCUT2D eigenvalue weighted by Gasteiger charge is 2.15. The zero-order chi connectivity index (χ0) is 12.5. The maximum atomic E-state index is 12.0. The monoisotopic (exact) mass is 244 g/mol. The van der Waals surface area contributed by atoms with E-state index < -0.39 is 0 Å². The van der Waals surface area contributed by atoms with Crippen LogP contribution in [0.1, 0.15) is 22.7 Å². The van der Waals surface area contributed by atoms with E-state index in [9.17, 15) is 4.79 Å². The van der Waals surface area contributed by atoms with Gasteiger partial charge in [0.2, 0.25) is 0 Å². The molecule has 18 heavy (non-hydrogen) atoms. The lowest BCUT2D eigenvalue weighted by Gasteiger charge is -2.01. The van der Waals surface area contributed by atoms with E-state index in [0.717, 1.165) is 5.52 Å². The predicted molar refractivity (Wildman–Crippen MR) is 65.9 cm³/mol. The smallest absolute Gasteiger partial charge is 0.192 e. The van der Waals surface area contributed by atoms with E-state index >= 15 is 0 Å². The van der Waals surface area contributed by atoms with E-state index in [0.29, 0.717) is 36.1 Å². The molecule has 0 unspecified atom stereocenters. The van der Waals surface area contributed by atoms with Crippen LogP contribution in [0.4, 0.5) is 0 Å². The maximum absolute atomic E-state index is 12.0. The van der Waals surface area contributed by atoms with Gasteiger partial charge >= 0.3 is 0 Å². The Balaban J connectivity index is 1.86. The second-order valence-electron chi connectivity index (χ2n) is 4.14. The van der Waals surface area contributed by atoms with Crippen molar-refractivity contribution in [2.24, 2.45) is 4.99 Å². The van der Waals surface area contributed by atoms with Crippen LogP contribution in [-0.2, 0) is 4.74 Å². The topological polar surface area (TPSA) is 64.7 Å². The molecule has 5 heteroatoms. The fraction of sp³-hybridized carbons (Fsp3) is 0.308. The highest BCUT2D eigenvalue weighted by atomic mass is 16.5. The highest BCUT2D eigenvalue weighted by molar-refractivity contribution is 6.08. The lowest BCUT2D eigenvalue weighted by molar-refractivity contribution is 0.0994. The summed E-state index contributed by atoms with van der Waals surface area (Å²) < 4.78 is 10.6. The summed E-state index contributed by atoms with van der Waals surface area (Å²) in [7, 11) is 0. The predicted octanol–water partition coefficient (Wildman–Crippen LogP) is 2.14. The van der Waals surface area contributed by atoms with E-state index in [-0.39, 0.29) is 12.2 Å². The summed E-state index contributed by atoms with van der Waals surface area (Å²) in [6, 6.07) is 5.26. The average molecular weight is 244 g/mol. The van der Waals surface area contributed by atoms with E-state index in [1.165, 1.54) is 0 Å². The molecule has 0 fully saturated rings. The molecule has 5 nitrogen and oxygen atoms in total. The third-order valence-corrected chi connectivity index (χ3v) is 2.78. The fourth-order valence-electron chi connectivity index (χ4n) is 1.94. The zero-order valence-corrected chi connectivity index (χ0v) is 9.97. The first-order valence-corrected chi connectivity index (χ1v) is 5.79. The summed E-state index contributed by atoms with van der Waals surface area (Å²) in [6.07, 6.45) is 0.207. The van der Waals surface area contributed by atoms with Gasteiger partial charge in [-0.05, 0) is 18.2 Å². The SMILES string of the molecule is Cc1nc2ccc(C(=O)CC3=NCCO3)cc2o1. The molecule has 1 aromatic heterocycles. The number of aryl methyl sites for hydroxylation is 1. The van der Waals surface area contributed by atoms with Crippen molar-refractivity contribution < 1.29 is 13.9 Å². The minimum absolute atomic E-state index is 0.0217. The normalized spacial score (nSPS) is 14.6. The van der Waals surface area contributed by atoms with Crippen LogP contribution in [0.3, 0.4) is 0 Å². The van der Waals surface area contributed by atoms with Gasteiger partial charge in [0.25, 0.3) is 0 Å². The number of benzene rings is 1. The molecule has 2 aromatic rings. The van der Waals surface area contributed by atoms with Crippen LogP contribution < -0.4 is 0 Å². The molecule has 1 aliphatic rings. The number of ketones is 1. The molecule has 0 saturated heterocycles. The van der Waals surface area contributed by atoms with Gasteiger partial charge in [-0.1, -0.05) is 0 Å². The van der Waals surface area contributed by atoms with Crippen LogP contribution in [0.15, 0.2) is 27.6 Å². The van der Waals surface area contributed by atoms with Crippen LogP contribution >= 0.6 is 0 Å². The Morgan fingerprint density at radius 2 is 2.33 bits per heavy atom. The van der Waals surface area contributed by atoms with Gasteiger partial charge in [0.15, 0.2) is 23.2 Å². The average Bonchev–Trinajstić information content (AvgIpc) is 2.95. The van der Waals surface area contributed by atoms with Crippen LogP contribution in [0, 0.1) is 6.92 Å². The van der Waals surface area contributed by atoms with Crippen LogP contribution in [0.25, 0.3) is 11.1 Å². The van der Waals surface area contributed by atoms with Gasteiger partial charge in [-0.15, -0.1) is 0 Å². The molecule has 0 radical (unpaired) electrons. The molecule has 1 aliphatic heterocycles. The first kappa shape index (κ1) is 11.0. The van der Waals surface area contributed by atoms with Gasteiger partial charge in [0, 0.05) is 12.5 Å². The molecule has 0 bridgehead atoms. The Bertz CT molecular complexity index is 643. The summed E-state index contributed by atoms with van der Waals surface area (Å²) in [4.78, 5) is 20.3. The number of oxazole rings is 1. The van der Waals surface area contributed by atoms with Gasteiger partial charge in [-0.3, -0.25) is 9.79 Å². The van der Waals surface area contributed by atoms with Gasteiger partial charge < -0.3 is 9.15 Å². The van der Waals surface area contributed by atoms with Crippen molar-refractivity contribution in [3.63, 3.8) is 0 Å². The molecule has 0 saturated carbocycles. The first-order valence-electron chi connectivity index (χ1n) is 5.79. The zero-order valence-electron chi connectivity index (χ0n) is 9.97. The molecule has 0 amide bonds. The van der Waals surface area contributed by atoms with Gasteiger partial charge in [-0.2, -0.15) is 0 Å². The molecular formula is C13H12N2O3. The second-order valence-corrected chi connectivity index (χ2v) is 4.14. The quantitative estimate of drug-likeness (QED) is 0.776. The van der Waals surface area contributed by atoms with E-state index in [1.807, 2.05) is 0 Å². The number of Topliss-reactive ketones (excluding diaryl/α,β-unsaturated/α-hetero) is 1. The molecule has 0 spiro atoms. The number of carbonyl (C=O) groups is 1. The summed E-state index contributed by atoms with van der Waals surface area (Å²) in [5.41, 5.74) is 1.99. The molecular weight excluding hydrogens is 232 g/mol. The van der Waals surface area contributed by atoms with Gasteiger partial charge in [-0.25, -0.2) is 4.98 Å². The standard InChI is InChI=1S/C13H12N2O3/c1-8-15-10-3-2-9(6-12(10)18-8)11(16)7-13-14-4-5-17-13/h2-3,6H,4-5,7H2,1H3. The second kappa shape index (κ2) is 4.25. The number of carbonyl (C=O) groups excluding carboxylic acids is 1. The molecule has 0 aliphatic carbocycles. The van der Waals surface area contributed by atoms with E-state index in [2.05, 4.69) is 9.98 Å². The number of rotatable bonds is 3. The van der Waals surface area contributed by atoms with Crippen LogP contribution in [0.2, 0.25) is 0 Å². The fourth-order valence-corrected chi connectivity index (χ4v) is 1.94. The number of nitrogens with zero attached hydrogens (tertiary/aromatic N) is 2. The van der Waals surface area contributed by atoms with Crippen LogP contribution in [-0.4, -0.2) is 29.8 Å². The largest absolute Gasteiger partial charge is 0.479 e. The Labute approximate surface area is 103 Å². The van der Waals surface area contributed by atoms with Crippen molar-refractivity contribution in [2.75, 3.05) is 13.2 Å². The third-order valence-electron chi connectivity index (χ3n) is 2.78. The summed E-state index contributed by atoms with van der Waals surface area (Å²) in [6.45, 7) is 2.99. The summed E-state index contributed by atoms with van der Waals surface area (Å²) in [5.74, 6) is 1.10. The Hall–Kier alpha value is -2.17. The number of aromatic nitrogens is 1. The number of aliphatic imine (C=N–C) groups is 1. The van der Waals surface area contributed by atoms with Crippen LogP contribution in [0.5, 0.6) is 0 Å². The lowest BCUT2D eigenvalue weighted by Crippen LogP contribution is -2.08. The van der Waals surface area contributed by atoms with Gasteiger partial charge in [0.05, 0.1) is 13.0 Å². The molecule has 92 valence electrons. The minimum Gasteiger partial charge on any atom is -0.479 e. The van der Waals surface area contributed by atoms with Crippen molar-refractivity contribution in [3.05, 3.63) is 29.7 Å². The minimum atomic E-state index is -0.0217. The molecule has 0 N–H and O–H groups in total. The van der Waals surface area contributed by atoms with Crippen molar-refractivity contribution >= 4 is 22.8 Å². The van der Waals surface area contributed by atoms with E-state index in [1.54, 1.807) is 25.1 Å². The summed E-state index contributed by atoms with van der Waals surface area (Å²) >= 11 is 0. The number of fused-ring (bicyclic) bond motifs is 1. The molecule has 2 heterocycles. The Kier molecular flexibility index (Phi) is 2.59. The van der Waals surface area contributed by atoms with Crippen molar-refractivity contribution in [3.8, 4) is 0 Å².